The number of hydrogen-bond donors (Lipinski definition) is 0. The molecule has 62 heavy (non-hydrogen) atoms. The van der Waals surface area contributed by atoms with Crippen LogP contribution in [0.4, 0.5) is 0 Å². The van der Waals surface area contributed by atoms with E-state index >= 15 is 0 Å². The SMILES string of the molecule is c1ccc(-c2nc(-c3ccc4oc5cc(-n6c7cc8ccccc8cc7c7c8ccccc8ccc76)c6ccccc6c5c4c3)nc(-c3ccccc3-c3ccccc3)n2)cc1. The summed E-state index contributed by atoms with van der Waals surface area (Å²) >= 11 is 0. The predicted octanol–water partition coefficient (Wildman–Crippen LogP) is 15.0. The van der Waals surface area contributed by atoms with E-state index < -0.39 is 0 Å². The molecule has 3 aromatic heterocycles. The van der Waals surface area contributed by atoms with E-state index in [1.165, 1.54) is 32.3 Å². The molecule has 3 heterocycles. The molecule has 0 N–H and O–H groups in total. The van der Waals surface area contributed by atoms with Gasteiger partial charge in [-0.05, 0) is 74.5 Å². The molecule has 0 spiro atoms. The second kappa shape index (κ2) is 13.6. The number of aromatic nitrogens is 4. The summed E-state index contributed by atoms with van der Waals surface area (Å²) in [6, 6.07) is 72.7. The summed E-state index contributed by atoms with van der Waals surface area (Å²) in [6.07, 6.45) is 0. The van der Waals surface area contributed by atoms with Crippen molar-refractivity contribution < 1.29 is 4.42 Å². The minimum atomic E-state index is 0.596. The highest BCUT2D eigenvalue weighted by Crippen LogP contribution is 2.44. The highest BCUT2D eigenvalue weighted by Gasteiger charge is 2.22. The Morgan fingerprint density at radius 3 is 1.73 bits per heavy atom. The van der Waals surface area contributed by atoms with Crippen molar-refractivity contribution in [3.8, 4) is 51.0 Å². The third-order valence-corrected chi connectivity index (χ3v) is 12.4. The summed E-state index contributed by atoms with van der Waals surface area (Å²) in [5.41, 5.74) is 9.93. The van der Waals surface area contributed by atoms with Crippen LogP contribution in [0.2, 0.25) is 0 Å². The summed E-state index contributed by atoms with van der Waals surface area (Å²) < 4.78 is 9.28. The monoisotopic (exact) mass is 790 g/mol. The van der Waals surface area contributed by atoms with Crippen LogP contribution >= 0.6 is 0 Å². The maximum absolute atomic E-state index is 6.84. The van der Waals surface area contributed by atoms with Crippen molar-refractivity contribution in [2.45, 2.75) is 0 Å². The van der Waals surface area contributed by atoms with Crippen LogP contribution in [0.15, 0.2) is 211 Å². The van der Waals surface area contributed by atoms with Gasteiger partial charge >= 0.3 is 0 Å². The molecule has 13 rings (SSSR count). The smallest absolute Gasteiger partial charge is 0.164 e. The molecular formula is C57H34N4O. The quantitative estimate of drug-likeness (QED) is 0.174. The summed E-state index contributed by atoms with van der Waals surface area (Å²) in [5.74, 6) is 1.83. The van der Waals surface area contributed by atoms with E-state index in [9.17, 15) is 0 Å². The fourth-order valence-electron chi connectivity index (χ4n) is 9.57. The van der Waals surface area contributed by atoms with Crippen molar-refractivity contribution in [3.63, 3.8) is 0 Å². The van der Waals surface area contributed by atoms with Gasteiger partial charge in [0.05, 0.1) is 16.7 Å². The summed E-state index contributed by atoms with van der Waals surface area (Å²) in [5, 5.41) is 11.7. The van der Waals surface area contributed by atoms with Crippen LogP contribution in [0, 0.1) is 0 Å². The van der Waals surface area contributed by atoms with Gasteiger partial charge in [0.1, 0.15) is 11.2 Å². The molecule has 0 aliphatic carbocycles. The van der Waals surface area contributed by atoms with Crippen LogP contribution in [-0.2, 0) is 0 Å². The molecule has 5 heteroatoms. The minimum absolute atomic E-state index is 0.596. The van der Waals surface area contributed by atoms with Gasteiger partial charge in [0.25, 0.3) is 0 Å². The molecule has 0 amide bonds. The summed E-state index contributed by atoms with van der Waals surface area (Å²) in [6.45, 7) is 0. The lowest BCUT2D eigenvalue weighted by atomic mass is 9.99. The molecule has 0 atom stereocenters. The number of hydrogen-bond acceptors (Lipinski definition) is 4. The summed E-state index contributed by atoms with van der Waals surface area (Å²) in [4.78, 5) is 15.4. The molecule has 0 unspecified atom stereocenters. The van der Waals surface area contributed by atoms with Crippen LogP contribution in [0.3, 0.4) is 0 Å². The van der Waals surface area contributed by atoms with E-state index in [4.69, 9.17) is 19.4 Å². The Morgan fingerprint density at radius 1 is 0.323 bits per heavy atom. The molecular weight excluding hydrogens is 757 g/mol. The average Bonchev–Trinajstić information content (AvgIpc) is 3.88. The molecule has 288 valence electrons. The number of rotatable bonds is 5. The molecule has 0 aliphatic heterocycles. The number of nitrogens with zero attached hydrogens (tertiary/aromatic N) is 4. The van der Waals surface area contributed by atoms with Crippen LogP contribution in [0.1, 0.15) is 0 Å². The lowest BCUT2D eigenvalue weighted by Gasteiger charge is -2.13. The van der Waals surface area contributed by atoms with Crippen molar-refractivity contribution >= 4 is 76.1 Å². The van der Waals surface area contributed by atoms with Gasteiger partial charge in [0.15, 0.2) is 17.5 Å². The normalized spacial score (nSPS) is 11.9. The van der Waals surface area contributed by atoms with Crippen molar-refractivity contribution in [2.24, 2.45) is 0 Å². The van der Waals surface area contributed by atoms with Gasteiger partial charge in [0, 0.05) is 49.7 Å². The van der Waals surface area contributed by atoms with Gasteiger partial charge in [-0.1, -0.05) is 164 Å². The van der Waals surface area contributed by atoms with Crippen LogP contribution < -0.4 is 0 Å². The molecule has 0 saturated heterocycles. The van der Waals surface area contributed by atoms with E-state index in [1.54, 1.807) is 0 Å². The van der Waals surface area contributed by atoms with Crippen molar-refractivity contribution in [1.82, 2.24) is 19.5 Å². The third-order valence-electron chi connectivity index (χ3n) is 12.4. The predicted molar refractivity (Wildman–Crippen MR) is 256 cm³/mol. The first kappa shape index (κ1) is 34.5. The number of benzene rings is 10. The van der Waals surface area contributed by atoms with E-state index in [0.717, 1.165) is 77.2 Å². The summed E-state index contributed by atoms with van der Waals surface area (Å²) in [7, 11) is 0. The first-order valence-electron chi connectivity index (χ1n) is 20.9. The zero-order valence-corrected chi connectivity index (χ0v) is 33.3. The lowest BCUT2D eigenvalue weighted by molar-refractivity contribution is 0.669. The van der Waals surface area contributed by atoms with Crippen LogP contribution in [-0.4, -0.2) is 19.5 Å². The Hall–Kier alpha value is -8.41. The molecule has 0 aliphatic rings. The Labute approximate surface area is 355 Å². The average molecular weight is 791 g/mol. The van der Waals surface area contributed by atoms with Gasteiger partial charge in [-0.15, -0.1) is 0 Å². The Kier molecular flexibility index (Phi) is 7.54. The molecule has 10 aromatic carbocycles. The Bertz CT molecular complexity index is 3920. The number of fused-ring (bicyclic) bond motifs is 11. The fourth-order valence-corrected chi connectivity index (χ4v) is 9.57. The molecule has 0 radical (unpaired) electrons. The fraction of sp³-hybridized carbons (Fsp3) is 0. The molecule has 5 nitrogen and oxygen atoms in total. The molecule has 0 fully saturated rings. The third kappa shape index (κ3) is 5.32. The Balaban J connectivity index is 1.05. The molecule has 0 bridgehead atoms. The maximum atomic E-state index is 6.84. The first-order chi connectivity index (χ1) is 30.7. The second-order valence-electron chi connectivity index (χ2n) is 15.9. The van der Waals surface area contributed by atoms with Gasteiger partial charge in [-0.2, -0.15) is 0 Å². The van der Waals surface area contributed by atoms with E-state index in [2.05, 4.69) is 168 Å². The number of furan rings is 1. The van der Waals surface area contributed by atoms with Crippen molar-refractivity contribution in [3.05, 3.63) is 206 Å². The zero-order chi connectivity index (χ0) is 40.7. The van der Waals surface area contributed by atoms with Crippen LogP contribution in [0.5, 0.6) is 0 Å². The first-order valence-corrected chi connectivity index (χ1v) is 20.9. The van der Waals surface area contributed by atoms with E-state index in [-0.39, 0.29) is 0 Å². The zero-order valence-electron chi connectivity index (χ0n) is 33.3. The highest BCUT2D eigenvalue weighted by atomic mass is 16.3. The Morgan fingerprint density at radius 2 is 0.935 bits per heavy atom. The minimum Gasteiger partial charge on any atom is -0.456 e. The maximum Gasteiger partial charge on any atom is 0.164 e. The highest BCUT2D eigenvalue weighted by molar-refractivity contribution is 6.25. The molecule has 0 saturated carbocycles. The van der Waals surface area contributed by atoms with Gasteiger partial charge in [-0.3, -0.25) is 0 Å². The topological polar surface area (TPSA) is 56.7 Å². The largest absolute Gasteiger partial charge is 0.456 e. The van der Waals surface area contributed by atoms with Crippen molar-refractivity contribution in [1.29, 1.82) is 0 Å². The van der Waals surface area contributed by atoms with Crippen molar-refractivity contribution in [2.75, 3.05) is 0 Å². The van der Waals surface area contributed by atoms with E-state index in [1.807, 2.05) is 42.5 Å². The van der Waals surface area contributed by atoms with Gasteiger partial charge in [-0.25, -0.2) is 15.0 Å². The van der Waals surface area contributed by atoms with Crippen LogP contribution in [0.25, 0.3) is 127 Å². The second-order valence-corrected chi connectivity index (χ2v) is 15.9. The molecule has 13 aromatic rings. The standard InChI is InChI=1S/C57H34N4O/c1-3-15-35(16-4-1)41-22-11-14-26-45(41)57-59-55(37-18-5-2-6-19-37)58-56(60-57)40-28-30-51-47(32-40)54-44-25-13-12-24-43(44)50(34-52(54)62-51)61-48-29-27-36-17-9-10-23-42(36)53(48)46-31-38-20-7-8-21-39(38)33-49(46)61/h1-34H. The van der Waals surface area contributed by atoms with Gasteiger partial charge in [0.2, 0.25) is 0 Å². The van der Waals surface area contributed by atoms with E-state index in [0.29, 0.717) is 17.5 Å². The van der Waals surface area contributed by atoms with Gasteiger partial charge < -0.3 is 8.98 Å². The lowest BCUT2D eigenvalue weighted by Crippen LogP contribution is -2.01.